The quantitative estimate of drug-likeness (QED) is 0.161. The number of nitrogens with one attached hydrogen (secondary N) is 1. The van der Waals surface area contributed by atoms with E-state index in [1.807, 2.05) is 0 Å². The average molecular weight is 117 g/mol. The van der Waals surface area contributed by atoms with Gasteiger partial charge in [-0.3, -0.25) is 5.41 Å². The van der Waals surface area contributed by atoms with Crippen LogP contribution in [0.3, 0.4) is 0 Å². The van der Waals surface area contributed by atoms with Crippen LogP contribution in [0.4, 0.5) is 4.39 Å². The molecule has 3 nitrogen and oxygen atoms in total. The molecule has 1 N–H and O–H groups in total. The molecule has 0 atom stereocenters. The maximum absolute atomic E-state index is 10.8. The molecule has 0 spiro atoms. The Kier molecular flexibility index (Phi) is 6.28. The second kappa shape index (κ2) is 4.31. The molecule has 0 unspecified atom stereocenters. The second-order valence-electron chi connectivity index (χ2n) is 0.508. The number of hydrogen-bond acceptors (Lipinski definition) is 4. The van der Waals surface area contributed by atoms with Gasteiger partial charge >= 0.3 is 18.9 Å². The predicted molar refractivity (Wildman–Crippen MR) is 17.6 cm³/mol. The molecule has 6 heteroatoms. The summed E-state index contributed by atoms with van der Waals surface area (Å²) in [4.78, 5) is 0. The molecule has 0 aliphatic heterocycles. The van der Waals surface area contributed by atoms with E-state index < -0.39 is 16.0 Å². The molecule has 0 aliphatic rings. The zero-order valence-corrected chi connectivity index (χ0v) is 4.42. The smallest absolute Gasteiger partial charge is 0.416 e. The van der Waals surface area contributed by atoms with E-state index in [4.69, 9.17) is 13.8 Å². The van der Waals surface area contributed by atoms with Crippen molar-refractivity contribution in [3.63, 3.8) is 0 Å². The summed E-state index contributed by atoms with van der Waals surface area (Å²) in [7, 11) is -2.95. The van der Waals surface area contributed by atoms with Crippen molar-refractivity contribution in [2.24, 2.45) is 0 Å². The van der Waals surface area contributed by atoms with Gasteiger partial charge in [-0.05, 0) is 10.7 Å². The molecule has 0 radical (unpaired) electrons. The van der Waals surface area contributed by atoms with E-state index in [9.17, 15) is 4.39 Å². The van der Waals surface area contributed by atoms with Gasteiger partial charge in [0.2, 0.25) is 0 Å². The van der Waals surface area contributed by atoms with Crippen LogP contribution >= 0.6 is 0 Å². The molecule has 0 aromatic heterocycles. The van der Waals surface area contributed by atoms with E-state index in [-0.39, 0.29) is 18.9 Å². The van der Waals surface area contributed by atoms with Crippen molar-refractivity contribution >= 4 is 16.0 Å². The van der Waals surface area contributed by atoms with Gasteiger partial charge in [-0.1, -0.05) is 0 Å². The molecule has 0 saturated carbocycles. The fourth-order valence-corrected chi connectivity index (χ4v) is 0. The van der Waals surface area contributed by atoms with Crippen LogP contribution in [-0.2, 0) is 19.1 Å². The Bertz CT molecular complexity index is 124. The molecule has 0 saturated heterocycles. The zero-order valence-electron chi connectivity index (χ0n) is 3.60. The summed E-state index contributed by atoms with van der Waals surface area (Å²) in [6.45, 7) is 0. The summed E-state index contributed by atoms with van der Waals surface area (Å²) < 4.78 is 29.0. The first kappa shape index (κ1) is 10.2. The van der Waals surface area contributed by atoms with Gasteiger partial charge in [0.1, 0.15) is 0 Å². The third-order valence-electron chi connectivity index (χ3n) is 0.146. The van der Waals surface area contributed by atoms with Crippen LogP contribution in [0.25, 0.3) is 0 Å². The monoisotopic (exact) mass is 117 g/mol. The molecule has 0 aliphatic carbocycles. The molecule has 0 aromatic rings. The largest absolute Gasteiger partial charge is 1.00 e. The second-order valence-corrected chi connectivity index (χ2v) is 1.34. The molecule has 7 heavy (non-hydrogen) atoms. The summed E-state index contributed by atoms with van der Waals surface area (Å²) in [5.41, 5.74) is 0. The van der Waals surface area contributed by atoms with E-state index in [1.165, 1.54) is 0 Å². The van der Waals surface area contributed by atoms with Gasteiger partial charge in [0.25, 0.3) is 0 Å². The van der Waals surface area contributed by atoms with E-state index in [0.29, 0.717) is 0 Å². The van der Waals surface area contributed by atoms with E-state index in [0.717, 1.165) is 0 Å². The minimum Gasteiger partial charge on any atom is -0.416 e. The fraction of sp³-hybridized carbons (Fsp3) is 0. The standard InChI is InChI=1S/CHFNO2S.Li/c2-1(3)6(4)5;/h3H;/q-1;+1. The molecule has 36 valence electrons. The Hall–Kier alpha value is 0.147. The average Bonchev–Trinajstić information content (AvgIpc) is 1.36. The van der Waals surface area contributed by atoms with Crippen molar-refractivity contribution in [3.8, 4) is 0 Å². The number of rotatable bonds is 0. The van der Waals surface area contributed by atoms with Crippen LogP contribution in [0.5, 0.6) is 0 Å². The molecule has 0 aromatic carbocycles. The maximum Gasteiger partial charge on any atom is 1.00 e. The van der Waals surface area contributed by atoms with Gasteiger partial charge in [0.05, 0.1) is 0 Å². The SMILES string of the molecule is N=C(F)[S-](=O)=O.[Li+]. The number of halogens is 1. The summed E-state index contributed by atoms with van der Waals surface area (Å²) in [5, 5.41) is 3.85. The molecular weight excluding hydrogens is 116 g/mol. The Morgan fingerprint density at radius 3 is 1.71 bits per heavy atom. The Labute approximate surface area is 53.5 Å². The zero-order chi connectivity index (χ0) is 5.15. The Morgan fingerprint density at radius 1 is 1.57 bits per heavy atom. The molecule has 0 fully saturated rings. The van der Waals surface area contributed by atoms with E-state index in [2.05, 4.69) is 0 Å². The van der Waals surface area contributed by atoms with Crippen molar-refractivity contribution in [1.82, 2.24) is 0 Å². The van der Waals surface area contributed by atoms with Crippen LogP contribution in [0.15, 0.2) is 0 Å². The Morgan fingerprint density at radius 2 is 1.71 bits per heavy atom. The third-order valence-corrected chi connectivity index (χ3v) is 0.439. The van der Waals surface area contributed by atoms with Crippen molar-refractivity contribution in [3.05, 3.63) is 0 Å². The molecule has 0 heterocycles. The van der Waals surface area contributed by atoms with E-state index >= 15 is 0 Å². The van der Waals surface area contributed by atoms with Gasteiger partial charge in [0, 0.05) is 0 Å². The van der Waals surface area contributed by atoms with E-state index in [1.54, 1.807) is 0 Å². The first-order chi connectivity index (χ1) is 2.64. The molecule has 0 rings (SSSR count). The van der Waals surface area contributed by atoms with Crippen molar-refractivity contribution < 1.29 is 31.7 Å². The van der Waals surface area contributed by atoms with Crippen molar-refractivity contribution in [2.45, 2.75) is 0 Å². The summed E-state index contributed by atoms with van der Waals surface area (Å²) >= 11 is 0. The van der Waals surface area contributed by atoms with Gasteiger partial charge < -0.3 is 8.42 Å². The predicted octanol–water partition coefficient (Wildman–Crippen LogP) is -2.80. The van der Waals surface area contributed by atoms with Crippen molar-refractivity contribution in [2.75, 3.05) is 0 Å². The minimum atomic E-state index is -2.95. The van der Waals surface area contributed by atoms with Crippen molar-refractivity contribution in [1.29, 1.82) is 5.41 Å². The van der Waals surface area contributed by atoms with Gasteiger partial charge in [-0.25, -0.2) is 4.39 Å². The normalized spacial score (nSPS) is 7.71. The first-order valence-corrected chi connectivity index (χ1v) is 2.05. The van der Waals surface area contributed by atoms with Crippen LogP contribution in [-0.4, -0.2) is 5.30 Å². The maximum atomic E-state index is 10.8. The minimum absolute atomic E-state index is 0. The van der Waals surface area contributed by atoms with Crippen LogP contribution < -0.4 is 18.9 Å². The van der Waals surface area contributed by atoms with Gasteiger partial charge in [0.15, 0.2) is 5.30 Å². The van der Waals surface area contributed by atoms with Crippen LogP contribution in [0, 0.1) is 5.41 Å². The third kappa shape index (κ3) is 6.15. The van der Waals surface area contributed by atoms with Crippen LogP contribution in [0.1, 0.15) is 0 Å². The molecular formula is CHFLiNO2S. The summed E-state index contributed by atoms with van der Waals surface area (Å²) in [5.74, 6) is 0. The molecule has 0 bridgehead atoms. The number of hydrogen-bond donors (Lipinski definition) is 1. The topological polar surface area (TPSA) is 58.0 Å². The summed E-state index contributed by atoms with van der Waals surface area (Å²) in [6, 6.07) is 0. The fourth-order valence-electron chi connectivity index (χ4n) is 0. The van der Waals surface area contributed by atoms with Gasteiger partial charge in [-0.2, -0.15) is 0 Å². The van der Waals surface area contributed by atoms with Gasteiger partial charge in [-0.15, -0.1) is 0 Å². The first-order valence-electron chi connectivity index (χ1n) is 0.976. The summed E-state index contributed by atoms with van der Waals surface area (Å²) in [6.07, 6.45) is 0. The Balaban J connectivity index is 0. The molecule has 0 amide bonds. The van der Waals surface area contributed by atoms with Crippen LogP contribution in [0.2, 0.25) is 0 Å².